The molecule has 0 saturated carbocycles. The van der Waals surface area contributed by atoms with Crippen molar-refractivity contribution in [2.75, 3.05) is 52.4 Å². The molecule has 110 valence electrons. The van der Waals surface area contributed by atoms with Crippen molar-refractivity contribution in [3.8, 4) is 5.75 Å². The van der Waals surface area contributed by atoms with Gasteiger partial charge in [-0.05, 0) is 24.3 Å². The summed E-state index contributed by atoms with van der Waals surface area (Å²) < 4.78 is 6.85. The highest BCUT2D eigenvalue weighted by Gasteiger charge is 2.31. The first-order valence-corrected chi connectivity index (χ1v) is 8.16. The summed E-state index contributed by atoms with van der Waals surface area (Å²) in [5.41, 5.74) is 0. The SMILES string of the molecule is Brc1ccc(OCCN2CC(N3CCNCC3)C2)cc1. The Morgan fingerprint density at radius 2 is 1.85 bits per heavy atom. The Morgan fingerprint density at radius 3 is 2.55 bits per heavy atom. The molecule has 3 rings (SSSR count). The predicted molar refractivity (Wildman–Crippen MR) is 84.3 cm³/mol. The first kappa shape index (κ1) is 14.3. The van der Waals surface area contributed by atoms with Crippen LogP contribution in [0.2, 0.25) is 0 Å². The van der Waals surface area contributed by atoms with Gasteiger partial charge >= 0.3 is 0 Å². The van der Waals surface area contributed by atoms with Crippen molar-refractivity contribution in [2.24, 2.45) is 0 Å². The van der Waals surface area contributed by atoms with Crippen LogP contribution in [0, 0.1) is 0 Å². The zero-order valence-corrected chi connectivity index (χ0v) is 13.3. The van der Waals surface area contributed by atoms with Gasteiger partial charge in [-0.15, -0.1) is 0 Å². The highest BCUT2D eigenvalue weighted by Crippen LogP contribution is 2.17. The number of benzene rings is 1. The molecular weight excluding hydrogens is 318 g/mol. The van der Waals surface area contributed by atoms with Crippen LogP contribution in [0.1, 0.15) is 0 Å². The molecule has 2 saturated heterocycles. The maximum Gasteiger partial charge on any atom is 0.119 e. The van der Waals surface area contributed by atoms with E-state index in [-0.39, 0.29) is 0 Å². The van der Waals surface area contributed by atoms with Crippen molar-refractivity contribution >= 4 is 15.9 Å². The second-order valence-corrected chi connectivity index (χ2v) is 6.42. The molecule has 0 bridgehead atoms. The van der Waals surface area contributed by atoms with Gasteiger partial charge in [-0.3, -0.25) is 9.80 Å². The summed E-state index contributed by atoms with van der Waals surface area (Å²) in [4.78, 5) is 5.09. The maximum atomic E-state index is 5.76. The Hall–Kier alpha value is -0.620. The van der Waals surface area contributed by atoms with E-state index < -0.39 is 0 Å². The largest absolute Gasteiger partial charge is 0.492 e. The van der Waals surface area contributed by atoms with Gasteiger partial charge in [0.15, 0.2) is 0 Å². The fourth-order valence-electron chi connectivity index (χ4n) is 2.83. The molecule has 0 spiro atoms. The number of hydrogen-bond donors (Lipinski definition) is 1. The van der Waals surface area contributed by atoms with Crippen molar-refractivity contribution in [1.29, 1.82) is 0 Å². The van der Waals surface area contributed by atoms with Crippen LogP contribution in [0.15, 0.2) is 28.7 Å². The highest BCUT2D eigenvalue weighted by atomic mass is 79.9. The van der Waals surface area contributed by atoms with Gasteiger partial charge in [0.2, 0.25) is 0 Å². The zero-order valence-electron chi connectivity index (χ0n) is 11.7. The van der Waals surface area contributed by atoms with E-state index in [0.717, 1.165) is 42.5 Å². The Kier molecular flexibility index (Phi) is 4.94. The lowest BCUT2D eigenvalue weighted by Crippen LogP contribution is -2.63. The fourth-order valence-corrected chi connectivity index (χ4v) is 3.09. The average Bonchev–Trinajstić information content (AvgIpc) is 2.44. The van der Waals surface area contributed by atoms with Crippen molar-refractivity contribution in [1.82, 2.24) is 15.1 Å². The van der Waals surface area contributed by atoms with Crippen LogP contribution >= 0.6 is 15.9 Å². The lowest BCUT2D eigenvalue weighted by Gasteiger charge is -2.46. The Morgan fingerprint density at radius 1 is 1.15 bits per heavy atom. The minimum atomic E-state index is 0.768. The van der Waals surface area contributed by atoms with Crippen LogP contribution in [-0.4, -0.2) is 68.3 Å². The van der Waals surface area contributed by atoms with Crippen molar-refractivity contribution in [3.05, 3.63) is 28.7 Å². The summed E-state index contributed by atoms with van der Waals surface area (Å²) in [5.74, 6) is 0.951. The number of halogens is 1. The van der Waals surface area contributed by atoms with Crippen LogP contribution in [-0.2, 0) is 0 Å². The van der Waals surface area contributed by atoms with Gasteiger partial charge in [-0.1, -0.05) is 15.9 Å². The quantitative estimate of drug-likeness (QED) is 0.877. The van der Waals surface area contributed by atoms with Crippen LogP contribution in [0.25, 0.3) is 0 Å². The van der Waals surface area contributed by atoms with E-state index in [1.54, 1.807) is 0 Å². The molecule has 1 aromatic carbocycles. The maximum absolute atomic E-state index is 5.76. The summed E-state index contributed by atoms with van der Waals surface area (Å²) in [6, 6.07) is 8.80. The standard InChI is InChI=1S/C15H22BrN3O/c16-13-1-3-15(4-2-13)20-10-9-18-11-14(12-18)19-7-5-17-6-8-19/h1-4,14,17H,5-12H2. The molecule has 0 radical (unpaired) electrons. The molecular formula is C15H22BrN3O. The summed E-state index contributed by atoms with van der Waals surface area (Å²) in [6.45, 7) is 8.89. The molecule has 1 N–H and O–H groups in total. The van der Waals surface area contributed by atoms with E-state index >= 15 is 0 Å². The predicted octanol–water partition coefficient (Wildman–Crippen LogP) is 1.42. The minimum absolute atomic E-state index is 0.768. The molecule has 2 fully saturated rings. The monoisotopic (exact) mass is 339 g/mol. The Bertz CT molecular complexity index is 414. The number of nitrogens with one attached hydrogen (secondary N) is 1. The summed E-state index contributed by atoms with van der Waals surface area (Å²) in [7, 11) is 0. The number of piperazine rings is 1. The molecule has 2 aliphatic rings. The topological polar surface area (TPSA) is 27.7 Å². The van der Waals surface area contributed by atoms with Gasteiger partial charge in [0.25, 0.3) is 0 Å². The summed E-state index contributed by atoms with van der Waals surface area (Å²) in [6.07, 6.45) is 0. The van der Waals surface area contributed by atoms with Crippen molar-refractivity contribution in [2.45, 2.75) is 6.04 Å². The van der Waals surface area contributed by atoms with E-state index in [0.29, 0.717) is 0 Å². The third-order valence-electron chi connectivity index (χ3n) is 4.10. The number of likely N-dealkylation sites (tertiary alicyclic amines) is 1. The average molecular weight is 340 g/mol. The second kappa shape index (κ2) is 6.89. The van der Waals surface area contributed by atoms with E-state index in [1.807, 2.05) is 24.3 Å². The molecule has 0 amide bonds. The molecule has 0 unspecified atom stereocenters. The van der Waals surface area contributed by atoms with E-state index in [4.69, 9.17) is 4.74 Å². The Balaban J connectivity index is 1.32. The third-order valence-corrected chi connectivity index (χ3v) is 4.62. The molecule has 2 heterocycles. The molecule has 1 aromatic rings. The smallest absolute Gasteiger partial charge is 0.119 e. The fraction of sp³-hybridized carbons (Fsp3) is 0.600. The molecule has 0 aromatic heterocycles. The van der Waals surface area contributed by atoms with Gasteiger partial charge in [0.1, 0.15) is 12.4 Å². The van der Waals surface area contributed by atoms with Crippen LogP contribution in [0.3, 0.4) is 0 Å². The van der Waals surface area contributed by atoms with Gasteiger partial charge in [-0.25, -0.2) is 0 Å². The van der Waals surface area contributed by atoms with Crippen molar-refractivity contribution < 1.29 is 4.74 Å². The van der Waals surface area contributed by atoms with Crippen molar-refractivity contribution in [3.63, 3.8) is 0 Å². The summed E-state index contributed by atoms with van der Waals surface area (Å²) >= 11 is 3.43. The normalized spacial score (nSPS) is 21.6. The lowest BCUT2D eigenvalue weighted by atomic mass is 10.1. The lowest BCUT2D eigenvalue weighted by molar-refractivity contribution is 0.0202. The number of hydrogen-bond acceptors (Lipinski definition) is 4. The number of ether oxygens (including phenoxy) is 1. The molecule has 5 heteroatoms. The second-order valence-electron chi connectivity index (χ2n) is 5.50. The molecule has 20 heavy (non-hydrogen) atoms. The van der Waals surface area contributed by atoms with E-state index in [9.17, 15) is 0 Å². The first-order valence-electron chi connectivity index (χ1n) is 7.37. The van der Waals surface area contributed by atoms with Crippen LogP contribution in [0.5, 0.6) is 5.75 Å². The first-order chi connectivity index (χ1) is 9.81. The van der Waals surface area contributed by atoms with Gasteiger partial charge in [-0.2, -0.15) is 0 Å². The molecule has 0 aliphatic carbocycles. The minimum Gasteiger partial charge on any atom is -0.492 e. The Labute approximate surface area is 129 Å². The van der Waals surface area contributed by atoms with Gasteiger partial charge in [0.05, 0.1) is 0 Å². The molecule has 2 aliphatic heterocycles. The van der Waals surface area contributed by atoms with Crippen LogP contribution in [0.4, 0.5) is 0 Å². The van der Waals surface area contributed by atoms with Gasteiger partial charge < -0.3 is 10.1 Å². The number of rotatable bonds is 5. The molecule has 4 nitrogen and oxygen atoms in total. The third kappa shape index (κ3) is 3.73. The van der Waals surface area contributed by atoms with Crippen LogP contribution < -0.4 is 10.1 Å². The van der Waals surface area contributed by atoms with Gasteiger partial charge in [0, 0.05) is 56.3 Å². The number of nitrogens with zero attached hydrogens (tertiary/aromatic N) is 2. The van der Waals surface area contributed by atoms with E-state index in [1.165, 1.54) is 26.2 Å². The molecule has 0 atom stereocenters. The highest BCUT2D eigenvalue weighted by molar-refractivity contribution is 9.10. The summed E-state index contributed by atoms with van der Waals surface area (Å²) in [5, 5.41) is 3.41. The van der Waals surface area contributed by atoms with E-state index in [2.05, 4.69) is 31.0 Å². The zero-order chi connectivity index (χ0) is 13.8.